The molecule has 7 nitrogen and oxygen atoms in total. The minimum atomic E-state index is -3.58. The molecule has 3 rings (SSSR count). The van der Waals surface area contributed by atoms with Crippen LogP contribution < -0.4 is 10.0 Å². The van der Waals surface area contributed by atoms with E-state index in [0.29, 0.717) is 11.3 Å². The second kappa shape index (κ2) is 8.45. The summed E-state index contributed by atoms with van der Waals surface area (Å²) in [6, 6.07) is 12.4. The van der Waals surface area contributed by atoms with Crippen LogP contribution in [0.4, 0.5) is 5.69 Å². The van der Waals surface area contributed by atoms with Gasteiger partial charge >= 0.3 is 0 Å². The van der Waals surface area contributed by atoms with Crippen molar-refractivity contribution in [2.24, 2.45) is 0 Å². The quantitative estimate of drug-likeness (QED) is 0.563. The predicted molar refractivity (Wildman–Crippen MR) is 108 cm³/mol. The fourth-order valence-corrected chi connectivity index (χ4v) is 4.31. The summed E-state index contributed by atoms with van der Waals surface area (Å²) in [5, 5.41) is 6.74. The summed E-state index contributed by atoms with van der Waals surface area (Å²) in [6.07, 6.45) is 3.31. The van der Waals surface area contributed by atoms with Gasteiger partial charge in [0, 0.05) is 23.8 Å². The minimum Gasteiger partial charge on any atom is -0.351 e. The van der Waals surface area contributed by atoms with Crippen molar-refractivity contribution >= 4 is 38.9 Å². The molecule has 0 bridgehead atoms. The molecule has 2 aromatic heterocycles. The number of hydrogen-bond acceptors (Lipinski definition) is 5. The van der Waals surface area contributed by atoms with Crippen molar-refractivity contribution in [1.82, 2.24) is 14.9 Å². The number of benzene rings is 1. The normalized spacial score (nSPS) is 11.4. The molecule has 0 aliphatic heterocycles. The Morgan fingerprint density at radius 1 is 1.22 bits per heavy atom. The van der Waals surface area contributed by atoms with Gasteiger partial charge in [0.2, 0.25) is 10.0 Å². The molecule has 0 spiro atoms. The van der Waals surface area contributed by atoms with Gasteiger partial charge in [0.25, 0.3) is 5.91 Å². The molecule has 0 aliphatic rings. The number of aromatic nitrogens is 2. The van der Waals surface area contributed by atoms with Gasteiger partial charge in [0.1, 0.15) is 0 Å². The Hall–Kier alpha value is -2.52. The van der Waals surface area contributed by atoms with Crippen LogP contribution in [0.5, 0.6) is 0 Å². The number of carbonyl (C=O) groups excluding carboxylic acids is 1. The lowest BCUT2D eigenvalue weighted by atomic mass is 10.2. The molecule has 0 radical (unpaired) electrons. The molecule has 0 aliphatic carbocycles. The maximum atomic E-state index is 12.4. The topological polar surface area (TPSA) is 92.6 Å². The summed E-state index contributed by atoms with van der Waals surface area (Å²) in [7, 11) is -3.58. The van der Waals surface area contributed by atoms with Crippen molar-refractivity contribution in [3.63, 3.8) is 0 Å². The highest BCUT2D eigenvalue weighted by Gasteiger charge is 2.14. The summed E-state index contributed by atoms with van der Waals surface area (Å²) in [5.41, 5.74) is 1.80. The lowest BCUT2D eigenvalue weighted by molar-refractivity contribution is 0.0953. The third-order valence-corrected chi connectivity index (χ3v) is 6.00. The number of pyridine rings is 1. The third-order valence-electron chi connectivity index (χ3n) is 3.76. The zero-order chi connectivity index (χ0) is 19.3. The van der Waals surface area contributed by atoms with Crippen LogP contribution in [0.2, 0.25) is 0 Å². The Balaban J connectivity index is 1.58. The van der Waals surface area contributed by atoms with Crippen molar-refractivity contribution in [2.75, 3.05) is 22.8 Å². The van der Waals surface area contributed by atoms with Gasteiger partial charge in [0.15, 0.2) is 0 Å². The number of amides is 1. The molecule has 2 N–H and O–H groups in total. The van der Waals surface area contributed by atoms with Crippen molar-refractivity contribution < 1.29 is 13.2 Å². The average Bonchev–Trinajstić information content (AvgIpc) is 3.09. The molecule has 1 amide bonds. The Morgan fingerprint density at radius 2 is 2.04 bits per heavy atom. The first-order valence-electron chi connectivity index (χ1n) is 8.42. The Bertz CT molecular complexity index is 1050. The standard InChI is InChI=1S/C18H20N4O3S2/c1-2-26-17-6-4-3-5-16(17)18(23)19-10-12-27(24,25)21-14-8-11-22-15(13-14)7-9-20-22/h3-9,11,13,21H,2,10,12H2,1H3,(H,19,23). The first-order chi connectivity index (χ1) is 13.0. The summed E-state index contributed by atoms with van der Waals surface area (Å²) < 4.78 is 28.7. The van der Waals surface area contributed by atoms with E-state index >= 15 is 0 Å². The first kappa shape index (κ1) is 19.2. The molecule has 3 aromatic rings. The van der Waals surface area contributed by atoms with Gasteiger partial charge < -0.3 is 5.32 Å². The van der Waals surface area contributed by atoms with E-state index in [0.717, 1.165) is 16.2 Å². The second-order valence-electron chi connectivity index (χ2n) is 5.72. The second-order valence-corrected chi connectivity index (χ2v) is 8.87. The summed E-state index contributed by atoms with van der Waals surface area (Å²) in [6.45, 7) is 2.03. The largest absolute Gasteiger partial charge is 0.351 e. The molecular weight excluding hydrogens is 384 g/mol. The van der Waals surface area contributed by atoms with Gasteiger partial charge in [-0.15, -0.1) is 11.8 Å². The molecule has 2 heterocycles. The fraction of sp³-hybridized carbons (Fsp3) is 0.222. The predicted octanol–water partition coefficient (Wildman–Crippen LogP) is 2.62. The van der Waals surface area contributed by atoms with E-state index in [4.69, 9.17) is 0 Å². The van der Waals surface area contributed by atoms with Gasteiger partial charge in [-0.05, 0) is 36.1 Å². The van der Waals surface area contributed by atoms with Crippen molar-refractivity contribution in [3.8, 4) is 0 Å². The third kappa shape index (κ3) is 5.01. The maximum absolute atomic E-state index is 12.4. The highest BCUT2D eigenvalue weighted by atomic mass is 32.2. The summed E-state index contributed by atoms with van der Waals surface area (Å²) in [5.74, 6) is 0.360. The smallest absolute Gasteiger partial charge is 0.252 e. The van der Waals surface area contributed by atoms with Crippen LogP contribution in [0, 0.1) is 0 Å². The zero-order valence-corrected chi connectivity index (χ0v) is 16.4. The van der Waals surface area contributed by atoms with E-state index in [1.54, 1.807) is 59.0 Å². The van der Waals surface area contributed by atoms with Crippen molar-refractivity contribution in [3.05, 3.63) is 60.4 Å². The van der Waals surface area contributed by atoms with Crippen LogP contribution in [0.1, 0.15) is 17.3 Å². The molecule has 0 unspecified atom stereocenters. The Labute approximate surface area is 162 Å². The minimum absolute atomic E-state index is 0.0220. The summed E-state index contributed by atoms with van der Waals surface area (Å²) in [4.78, 5) is 13.2. The Morgan fingerprint density at radius 3 is 2.85 bits per heavy atom. The van der Waals surface area contributed by atoms with E-state index in [9.17, 15) is 13.2 Å². The van der Waals surface area contributed by atoms with Gasteiger partial charge in [-0.1, -0.05) is 19.1 Å². The molecule has 27 heavy (non-hydrogen) atoms. The highest BCUT2D eigenvalue weighted by molar-refractivity contribution is 7.99. The maximum Gasteiger partial charge on any atom is 0.252 e. The number of nitrogens with one attached hydrogen (secondary N) is 2. The average molecular weight is 405 g/mol. The number of carbonyl (C=O) groups is 1. The van der Waals surface area contributed by atoms with Gasteiger partial charge in [-0.25, -0.2) is 12.9 Å². The van der Waals surface area contributed by atoms with Crippen LogP contribution in [-0.2, 0) is 10.0 Å². The molecule has 9 heteroatoms. The highest BCUT2D eigenvalue weighted by Crippen LogP contribution is 2.22. The first-order valence-corrected chi connectivity index (χ1v) is 11.1. The van der Waals surface area contributed by atoms with Crippen LogP contribution in [0.3, 0.4) is 0 Å². The van der Waals surface area contributed by atoms with Crippen LogP contribution in [0.25, 0.3) is 5.52 Å². The van der Waals surface area contributed by atoms with Crippen LogP contribution >= 0.6 is 11.8 Å². The molecule has 0 atom stereocenters. The number of thioether (sulfide) groups is 1. The van der Waals surface area contributed by atoms with E-state index in [1.165, 1.54) is 0 Å². The number of anilines is 1. The number of rotatable bonds is 8. The monoisotopic (exact) mass is 404 g/mol. The van der Waals surface area contributed by atoms with Crippen molar-refractivity contribution in [2.45, 2.75) is 11.8 Å². The van der Waals surface area contributed by atoms with E-state index in [2.05, 4.69) is 15.1 Å². The zero-order valence-electron chi connectivity index (χ0n) is 14.8. The van der Waals surface area contributed by atoms with E-state index in [1.807, 2.05) is 19.1 Å². The lowest BCUT2D eigenvalue weighted by Crippen LogP contribution is -2.31. The van der Waals surface area contributed by atoms with Gasteiger partial charge in [-0.3, -0.25) is 9.52 Å². The SMILES string of the molecule is CCSc1ccccc1C(=O)NCCS(=O)(=O)Nc1ccn2nccc2c1. The molecule has 1 aromatic carbocycles. The number of hydrogen-bond donors (Lipinski definition) is 2. The number of fused-ring (bicyclic) bond motifs is 1. The van der Waals surface area contributed by atoms with Crippen LogP contribution in [0.15, 0.2) is 59.8 Å². The molecule has 142 valence electrons. The van der Waals surface area contributed by atoms with Crippen LogP contribution in [-0.4, -0.2) is 42.0 Å². The number of nitrogens with zero attached hydrogens (tertiary/aromatic N) is 2. The summed E-state index contributed by atoms with van der Waals surface area (Å²) >= 11 is 1.57. The molecule has 0 saturated carbocycles. The molecule has 0 fully saturated rings. The lowest BCUT2D eigenvalue weighted by Gasteiger charge is -2.11. The van der Waals surface area contributed by atoms with Crippen molar-refractivity contribution in [1.29, 1.82) is 0 Å². The Kier molecular flexibility index (Phi) is 6.02. The number of sulfonamides is 1. The van der Waals surface area contributed by atoms with Gasteiger partial charge in [0.05, 0.1) is 22.5 Å². The van der Waals surface area contributed by atoms with E-state index in [-0.39, 0.29) is 18.2 Å². The molecular formula is C18H20N4O3S2. The molecule has 0 saturated heterocycles. The van der Waals surface area contributed by atoms with Gasteiger partial charge in [-0.2, -0.15) is 5.10 Å². The van der Waals surface area contributed by atoms with E-state index < -0.39 is 10.0 Å². The fourth-order valence-electron chi connectivity index (χ4n) is 2.55.